The van der Waals surface area contributed by atoms with Crippen LogP contribution < -0.4 is 5.32 Å². The molecule has 0 saturated carbocycles. The molecule has 1 aliphatic carbocycles. The van der Waals surface area contributed by atoms with Crippen LogP contribution in [0.1, 0.15) is 47.9 Å². The molecule has 0 fully saturated rings. The van der Waals surface area contributed by atoms with Gasteiger partial charge in [-0.2, -0.15) is 0 Å². The summed E-state index contributed by atoms with van der Waals surface area (Å²) in [5.41, 5.74) is 2.64. The maximum absolute atomic E-state index is 9.59. The lowest BCUT2D eigenvalue weighted by atomic mass is 9.87. The Hall–Kier alpha value is -1.39. The number of thiazole rings is 1. The van der Waals surface area contributed by atoms with Crippen LogP contribution in [0.2, 0.25) is 0 Å². The molecule has 0 aliphatic heterocycles. The summed E-state index contributed by atoms with van der Waals surface area (Å²) in [6, 6.07) is 6.17. The number of benzene rings is 1. The van der Waals surface area contributed by atoms with Gasteiger partial charge in [0, 0.05) is 30.1 Å². The van der Waals surface area contributed by atoms with Gasteiger partial charge < -0.3 is 10.4 Å². The quantitative estimate of drug-likeness (QED) is 0.903. The fourth-order valence-corrected chi connectivity index (χ4v) is 3.60. The van der Waals surface area contributed by atoms with E-state index in [1.807, 2.05) is 17.6 Å². The van der Waals surface area contributed by atoms with Crippen LogP contribution in [0, 0.1) is 0 Å². The van der Waals surface area contributed by atoms with E-state index in [1.165, 1.54) is 29.0 Å². The van der Waals surface area contributed by atoms with Crippen LogP contribution >= 0.6 is 11.3 Å². The van der Waals surface area contributed by atoms with E-state index in [9.17, 15) is 5.11 Å². The Morgan fingerprint density at radius 1 is 1.50 bits per heavy atom. The van der Waals surface area contributed by atoms with E-state index in [4.69, 9.17) is 0 Å². The van der Waals surface area contributed by atoms with Crippen LogP contribution in [0.4, 0.5) is 0 Å². The van der Waals surface area contributed by atoms with Gasteiger partial charge in [-0.15, -0.1) is 11.3 Å². The minimum Gasteiger partial charge on any atom is -0.508 e. The van der Waals surface area contributed by atoms with Gasteiger partial charge in [0.15, 0.2) is 0 Å². The number of phenols is 1. The first-order valence-corrected chi connectivity index (χ1v) is 8.06. The smallest absolute Gasteiger partial charge is 0.115 e. The van der Waals surface area contributed by atoms with Crippen molar-refractivity contribution in [2.24, 2.45) is 0 Å². The number of hydrogen-bond donors (Lipinski definition) is 2. The van der Waals surface area contributed by atoms with Gasteiger partial charge in [0.05, 0.1) is 5.01 Å². The third-order valence-electron chi connectivity index (χ3n) is 3.98. The van der Waals surface area contributed by atoms with Crippen molar-refractivity contribution >= 4 is 11.3 Å². The molecule has 4 heteroatoms. The summed E-state index contributed by atoms with van der Waals surface area (Å²) in [5.74, 6) is 0.818. The third-order valence-corrected chi connectivity index (χ3v) is 4.99. The molecule has 0 amide bonds. The average molecular weight is 288 g/mol. The van der Waals surface area contributed by atoms with Gasteiger partial charge in [-0.25, -0.2) is 4.98 Å². The van der Waals surface area contributed by atoms with Crippen molar-refractivity contribution in [2.75, 3.05) is 6.54 Å². The van der Waals surface area contributed by atoms with Crippen molar-refractivity contribution in [3.8, 4) is 5.75 Å². The summed E-state index contributed by atoms with van der Waals surface area (Å²) in [4.78, 5) is 4.38. The molecule has 2 aromatic rings. The number of aromatic nitrogens is 1. The van der Waals surface area contributed by atoms with Gasteiger partial charge in [-0.3, -0.25) is 0 Å². The molecular formula is C16H20N2OS. The number of nitrogens with one attached hydrogen (secondary N) is 1. The molecule has 1 heterocycles. The van der Waals surface area contributed by atoms with Crippen molar-refractivity contribution in [3.63, 3.8) is 0 Å². The first-order chi connectivity index (χ1) is 9.74. The van der Waals surface area contributed by atoms with Gasteiger partial charge in [0.2, 0.25) is 0 Å². The second kappa shape index (κ2) is 5.94. The average Bonchev–Trinajstić information content (AvgIpc) is 2.98. The summed E-state index contributed by atoms with van der Waals surface area (Å²) in [6.07, 6.45) is 5.29. The number of fused-ring (bicyclic) bond motifs is 1. The largest absolute Gasteiger partial charge is 0.508 e. The van der Waals surface area contributed by atoms with Gasteiger partial charge >= 0.3 is 0 Å². The Morgan fingerprint density at radius 2 is 2.40 bits per heavy atom. The van der Waals surface area contributed by atoms with Gasteiger partial charge in [0.1, 0.15) is 5.75 Å². The summed E-state index contributed by atoms with van der Waals surface area (Å²) >= 11 is 1.72. The number of hydrogen-bond acceptors (Lipinski definition) is 4. The lowest BCUT2D eigenvalue weighted by Crippen LogP contribution is -2.28. The normalized spacial score (nSPS) is 19.6. The molecule has 1 aliphatic rings. The number of phenolic OH excluding ortho intramolecular Hbond substituents is 1. The molecule has 0 bridgehead atoms. The minimum atomic E-state index is 0.376. The fraction of sp³-hybridized carbons (Fsp3) is 0.438. The zero-order chi connectivity index (χ0) is 13.9. The molecule has 3 nitrogen and oxygen atoms in total. The second-order valence-corrected chi connectivity index (χ2v) is 6.43. The highest BCUT2D eigenvalue weighted by molar-refractivity contribution is 7.09. The molecule has 2 atom stereocenters. The second-order valence-electron chi connectivity index (χ2n) is 5.51. The fourth-order valence-electron chi connectivity index (χ4n) is 2.90. The van der Waals surface area contributed by atoms with E-state index in [0.717, 1.165) is 13.0 Å². The molecule has 2 N–H and O–H groups in total. The first-order valence-electron chi connectivity index (χ1n) is 7.18. The number of rotatable bonds is 4. The summed E-state index contributed by atoms with van der Waals surface area (Å²) in [5, 5.41) is 16.5. The first kappa shape index (κ1) is 13.6. The Morgan fingerprint density at radius 3 is 3.20 bits per heavy atom. The molecule has 20 heavy (non-hydrogen) atoms. The van der Waals surface area contributed by atoms with Crippen molar-refractivity contribution in [3.05, 3.63) is 45.9 Å². The van der Waals surface area contributed by atoms with Crippen LogP contribution in [-0.4, -0.2) is 16.6 Å². The van der Waals surface area contributed by atoms with E-state index in [0.29, 0.717) is 17.7 Å². The lowest BCUT2D eigenvalue weighted by Gasteiger charge is -2.27. The highest BCUT2D eigenvalue weighted by Crippen LogP contribution is 2.32. The van der Waals surface area contributed by atoms with Gasteiger partial charge in [-0.1, -0.05) is 13.0 Å². The molecule has 0 spiro atoms. The van der Waals surface area contributed by atoms with Crippen molar-refractivity contribution in [1.29, 1.82) is 0 Å². The van der Waals surface area contributed by atoms with Crippen molar-refractivity contribution in [2.45, 2.75) is 38.1 Å². The zero-order valence-corrected chi connectivity index (χ0v) is 12.5. The summed E-state index contributed by atoms with van der Waals surface area (Å²) in [6.45, 7) is 3.16. The van der Waals surface area contributed by atoms with Crippen LogP contribution in [0.3, 0.4) is 0 Å². The molecule has 0 saturated heterocycles. The van der Waals surface area contributed by atoms with Gasteiger partial charge in [0.25, 0.3) is 0 Å². The maximum atomic E-state index is 9.59. The van der Waals surface area contributed by atoms with E-state index in [-0.39, 0.29) is 0 Å². The third kappa shape index (κ3) is 2.86. The Bertz CT molecular complexity index is 568. The predicted octanol–water partition coefficient (Wildman–Crippen LogP) is 3.62. The van der Waals surface area contributed by atoms with E-state index in [2.05, 4.69) is 23.3 Å². The van der Waals surface area contributed by atoms with Crippen LogP contribution in [-0.2, 0) is 6.42 Å². The molecule has 0 radical (unpaired) electrons. The zero-order valence-electron chi connectivity index (χ0n) is 11.7. The number of aromatic hydroxyl groups is 1. The monoisotopic (exact) mass is 288 g/mol. The van der Waals surface area contributed by atoms with Gasteiger partial charge in [-0.05, 0) is 42.5 Å². The summed E-state index contributed by atoms with van der Waals surface area (Å²) < 4.78 is 0. The SMILES string of the molecule is CC(CNC1CCCc2cc(O)ccc21)c1nccs1. The van der Waals surface area contributed by atoms with E-state index < -0.39 is 0 Å². The van der Waals surface area contributed by atoms with Crippen LogP contribution in [0.5, 0.6) is 5.75 Å². The minimum absolute atomic E-state index is 0.376. The number of aryl methyl sites for hydroxylation is 1. The lowest BCUT2D eigenvalue weighted by molar-refractivity contribution is 0.440. The Balaban J connectivity index is 1.67. The predicted molar refractivity (Wildman–Crippen MR) is 82.3 cm³/mol. The molecule has 1 aromatic heterocycles. The molecular weight excluding hydrogens is 268 g/mol. The van der Waals surface area contributed by atoms with Crippen molar-refractivity contribution in [1.82, 2.24) is 10.3 Å². The highest BCUT2D eigenvalue weighted by atomic mass is 32.1. The van der Waals surface area contributed by atoms with Crippen LogP contribution in [0.25, 0.3) is 0 Å². The molecule has 1 aromatic carbocycles. The highest BCUT2D eigenvalue weighted by Gasteiger charge is 2.21. The Kier molecular flexibility index (Phi) is 4.03. The molecule has 2 unspecified atom stereocenters. The molecule has 3 rings (SSSR count). The standard InChI is InChI=1S/C16H20N2OS/c1-11(16-17-7-8-20-16)10-18-15-4-2-3-12-9-13(19)5-6-14(12)15/h5-9,11,15,18-19H,2-4,10H2,1H3. The van der Waals surface area contributed by atoms with E-state index >= 15 is 0 Å². The van der Waals surface area contributed by atoms with Crippen molar-refractivity contribution < 1.29 is 5.11 Å². The van der Waals surface area contributed by atoms with E-state index in [1.54, 1.807) is 17.4 Å². The maximum Gasteiger partial charge on any atom is 0.115 e. The summed E-state index contributed by atoms with van der Waals surface area (Å²) in [7, 11) is 0. The topological polar surface area (TPSA) is 45.1 Å². The Labute approximate surface area is 123 Å². The molecule has 106 valence electrons. The van der Waals surface area contributed by atoms with Crippen LogP contribution in [0.15, 0.2) is 29.8 Å². The number of nitrogens with zero attached hydrogens (tertiary/aromatic N) is 1.